The highest BCUT2D eigenvalue weighted by Gasteiger charge is 2.33. The number of aryl methyl sites for hydroxylation is 2. The van der Waals surface area contributed by atoms with E-state index in [1.54, 1.807) is 16.9 Å². The van der Waals surface area contributed by atoms with Gasteiger partial charge in [0.15, 0.2) is 10.9 Å². The number of carbonyl (C=O) groups excluding carboxylic acids is 3. The van der Waals surface area contributed by atoms with Crippen LogP contribution in [0.1, 0.15) is 54.7 Å². The Kier molecular flexibility index (Phi) is 19.8. The molecule has 1 N–H and O–H groups in total. The fourth-order valence-corrected chi connectivity index (χ4v) is 6.42. The first-order valence-corrected chi connectivity index (χ1v) is 20.5. The molecule has 1 unspecified atom stereocenters. The summed E-state index contributed by atoms with van der Waals surface area (Å²) in [5.41, 5.74) is 2.84. The predicted molar refractivity (Wildman–Crippen MR) is 230 cm³/mol. The van der Waals surface area contributed by atoms with Crippen LogP contribution in [0.3, 0.4) is 0 Å². The summed E-state index contributed by atoms with van der Waals surface area (Å²) in [4.78, 5) is 48.8. The Bertz CT molecular complexity index is 2140. The van der Waals surface area contributed by atoms with E-state index in [0.717, 1.165) is 60.5 Å². The van der Waals surface area contributed by atoms with E-state index in [-0.39, 0.29) is 57.6 Å². The minimum Gasteiger partial charge on any atom is -0.489 e. The van der Waals surface area contributed by atoms with Crippen LogP contribution in [0.2, 0.25) is 10.0 Å². The Morgan fingerprint density at radius 1 is 0.934 bits per heavy atom. The van der Waals surface area contributed by atoms with E-state index in [1.807, 2.05) is 49.4 Å². The first-order valence-electron chi connectivity index (χ1n) is 18.4. The van der Waals surface area contributed by atoms with Crippen LogP contribution in [-0.4, -0.2) is 72.2 Å². The number of alkyl halides is 6. The Hall–Kier alpha value is -4.44. The minimum absolute atomic E-state index is 0.0246. The van der Waals surface area contributed by atoms with Crippen LogP contribution in [0.25, 0.3) is 0 Å². The molecule has 0 fully saturated rings. The zero-order chi connectivity index (χ0) is 45.6. The number of fused-ring (bicyclic) bond motifs is 1. The lowest BCUT2D eigenvalue weighted by Gasteiger charge is -2.35. The molecule has 0 radical (unpaired) electrons. The van der Waals surface area contributed by atoms with Gasteiger partial charge in [-0.05, 0) is 86.3 Å². The van der Waals surface area contributed by atoms with Crippen molar-refractivity contribution in [3.63, 3.8) is 0 Å². The number of carboxylic acid groups (broad SMARTS) is 1. The van der Waals surface area contributed by atoms with Crippen molar-refractivity contribution < 1.29 is 56.4 Å². The van der Waals surface area contributed by atoms with Gasteiger partial charge >= 0.3 is 18.1 Å². The van der Waals surface area contributed by atoms with Gasteiger partial charge in [0, 0.05) is 7.11 Å². The number of hydrogen-bond donors (Lipinski definition) is 1. The molecule has 0 saturated carbocycles. The number of amides is 2. The topological polar surface area (TPSA) is 132 Å². The largest absolute Gasteiger partial charge is 0.489 e. The van der Waals surface area contributed by atoms with Gasteiger partial charge in [0.1, 0.15) is 36.5 Å². The number of benzene rings is 4. The highest BCUT2D eigenvalue weighted by atomic mass is 35.5. The van der Waals surface area contributed by atoms with E-state index in [0.29, 0.717) is 18.4 Å². The first-order chi connectivity index (χ1) is 28.8. The summed E-state index contributed by atoms with van der Waals surface area (Å²) in [5.74, 6) is -2.18. The van der Waals surface area contributed by atoms with E-state index in [2.05, 4.69) is 13.8 Å². The second-order valence-electron chi connectivity index (χ2n) is 12.9. The number of para-hydroxylation sites is 3. The van der Waals surface area contributed by atoms with Gasteiger partial charge in [0.05, 0.1) is 38.6 Å². The highest BCUT2D eigenvalue weighted by molar-refractivity contribution is 6.54. The molecular formula is C42H42Cl5F3N2O9. The molecule has 0 aromatic heterocycles. The molecule has 0 aliphatic carbocycles. The van der Waals surface area contributed by atoms with Gasteiger partial charge in [0.2, 0.25) is 5.91 Å². The number of carboxylic acids is 1. The number of anilines is 2. The van der Waals surface area contributed by atoms with Gasteiger partial charge in [-0.15, -0.1) is 11.6 Å². The van der Waals surface area contributed by atoms with Crippen LogP contribution in [0.5, 0.6) is 17.2 Å². The molecule has 330 valence electrons. The van der Waals surface area contributed by atoms with Crippen molar-refractivity contribution in [1.82, 2.24) is 0 Å². The number of halogens is 8. The SMILES string of the molecule is CC1COc2ccccc2N1C(=O)C(Cl)Cl.CCc1cccc(CC)c1N(COC)C(=O)CCl.C[C@H](OC(=O)c1cc(Oc2ccc(C(F)(F)F)cc2Cl)ccc1Cl)C(=O)O. The molecule has 0 saturated heterocycles. The second kappa shape index (κ2) is 23.7. The lowest BCUT2D eigenvalue weighted by Crippen LogP contribution is -2.47. The smallest absolute Gasteiger partial charge is 0.416 e. The van der Waals surface area contributed by atoms with Crippen LogP contribution >= 0.6 is 58.0 Å². The zero-order valence-electron chi connectivity index (χ0n) is 33.4. The average molecular weight is 953 g/mol. The van der Waals surface area contributed by atoms with Crippen molar-refractivity contribution in [2.45, 2.75) is 63.7 Å². The van der Waals surface area contributed by atoms with Gasteiger partial charge in [-0.2, -0.15) is 13.2 Å². The van der Waals surface area contributed by atoms with Gasteiger partial charge < -0.3 is 29.0 Å². The molecule has 19 heteroatoms. The van der Waals surface area contributed by atoms with E-state index >= 15 is 0 Å². The number of hydrogen-bond acceptors (Lipinski definition) is 8. The molecule has 0 spiro atoms. The normalized spacial score (nSPS) is 13.6. The number of carbonyl (C=O) groups is 4. The summed E-state index contributed by atoms with van der Waals surface area (Å²) in [7, 11) is 1.58. The van der Waals surface area contributed by atoms with Gasteiger partial charge in [0.25, 0.3) is 5.91 Å². The second-order valence-corrected chi connectivity index (χ2v) is 15.1. The maximum absolute atomic E-state index is 12.7. The number of esters is 1. The maximum atomic E-state index is 12.7. The van der Waals surface area contributed by atoms with Crippen LogP contribution in [0, 0.1) is 0 Å². The first kappa shape index (κ1) is 50.9. The minimum atomic E-state index is -4.56. The number of aliphatic carboxylic acids is 1. The van der Waals surface area contributed by atoms with Crippen LogP contribution < -0.4 is 19.3 Å². The lowest BCUT2D eigenvalue weighted by atomic mass is 10.0. The summed E-state index contributed by atoms with van der Waals surface area (Å²) < 4.78 is 58.8. The number of nitrogens with zero attached hydrogens (tertiary/aromatic N) is 2. The van der Waals surface area contributed by atoms with Gasteiger partial charge in [-0.1, -0.05) is 90.6 Å². The number of methoxy groups -OCH3 is 1. The van der Waals surface area contributed by atoms with Crippen molar-refractivity contribution in [1.29, 1.82) is 0 Å². The highest BCUT2D eigenvalue weighted by Crippen LogP contribution is 2.38. The van der Waals surface area contributed by atoms with Crippen molar-refractivity contribution in [3.05, 3.63) is 111 Å². The molecule has 4 aromatic rings. The monoisotopic (exact) mass is 950 g/mol. The summed E-state index contributed by atoms with van der Waals surface area (Å²) in [5, 5.41) is 8.46. The Morgan fingerprint density at radius 3 is 2.11 bits per heavy atom. The van der Waals surface area contributed by atoms with E-state index in [9.17, 15) is 32.3 Å². The van der Waals surface area contributed by atoms with Crippen molar-refractivity contribution in [2.24, 2.45) is 0 Å². The van der Waals surface area contributed by atoms with Crippen LogP contribution in [0.4, 0.5) is 24.5 Å². The molecule has 0 bridgehead atoms. The fourth-order valence-electron chi connectivity index (χ4n) is 5.65. The van der Waals surface area contributed by atoms with E-state index in [4.69, 9.17) is 82.1 Å². The van der Waals surface area contributed by atoms with Crippen LogP contribution in [0.15, 0.2) is 78.9 Å². The Labute approximate surface area is 376 Å². The molecule has 61 heavy (non-hydrogen) atoms. The summed E-state index contributed by atoms with van der Waals surface area (Å²) >= 11 is 28.6. The summed E-state index contributed by atoms with van der Waals surface area (Å²) in [6, 6.07) is 19.7. The molecule has 1 aliphatic heterocycles. The predicted octanol–water partition coefficient (Wildman–Crippen LogP) is 11.0. The third kappa shape index (κ3) is 14.0. The molecule has 1 aliphatic rings. The Morgan fingerprint density at radius 2 is 1.57 bits per heavy atom. The lowest BCUT2D eigenvalue weighted by molar-refractivity contribution is -0.146. The molecular weight excluding hydrogens is 911 g/mol. The van der Waals surface area contributed by atoms with Gasteiger partial charge in [-0.25, -0.2) is 9.59 Å². The standard InChI is InChI=1S/C17H11Cl2F3O5.C14H20ClNO2.C11H11Cl2NO2/c1-8(15(23)24)26-16(25)11-7-10(3-4-12(11)18)27-14-5-2-9(6-13(14)19)17(20,21)22;1-4-11-7-6-8-12(5-2)14(11)16(10-18-3)13(17)9-15;1-7-6-16-9-5-3-2-4-8(9)14(7)11(15)10(12)13/h2-8H,1H3,(H,23,24);6-8H,4-5,9-10H2,1-3H3;2-5,7,10H,6H2,1H3/t8-;;/m0../s1. The van der Waals surface area contributed by atoms with Crippen molar-refractivity contribution >= 4 is 93.1 Å². The maximum Gasteiger partial charge on any atom is 0.416 e. The molecule has 1 heterocycles. The van der Waals surface area contributed by atoms with Crippen molar-refractivity contribution in [3.8, 4) is 17.2 Å². The fraction of sp³-hybridized carbons (Fsp3) is 0.333. The number of rotatable bonds is 12. The molecule has 11 nitrogen and oxygen atoms in total. The molecule has 4 aromatic carbocycles. The Balaban J connectivity index is 0.000000255. The van der Waals surface area contributed by atoms with Crippen molar-refractivity contribution in [2.75, 3.05) is 36.1 Å². The summed E-state index contributed by atoms with van der Waals surface area (Å²) in [6.07, 6.45) is -4.21. The van der Waals surface area contributed by atoms with Gasteiger partial charge in [-0.3, -0.25) is 14.5 Å². The average Bonchev–Trinajstić information content (AvgIpc) is 3.23. The number of ether oxygens (including phenoxy) is 4. The molecule has 2 amide bonds. The van der Waals surface area contributed by atoms with E-state index in [1.165, 1.54) is 12.1 Å². The molecule has 2 atom stereocenters. The van der Waals surface area contributed by atoms with E-state index < -0.39 is 34.6 Å². The third-order valence-corrected chi connectivity index (χ3v) is 9.88. The quantitative estimate of drug-likeness (QED) is 0.0837. The third-order valence-electron chi connectivity index (χ3n) is 8.65. The van der Waals surface area contributed by atoms with Crippen LogP contribution in [-0.2, 0) is 42.9 Å². The zero-order valence-corrected chi connectivity index (χ0v) is 37.2. The summed E-state index contributed by atoms with van der Waals surface area (Å²) in [6.45, 7) is 7.89. The molecule has 5 rings (SSSR count).